The topological polar surface area (TPSA) is 55.4 Å². The predicted molar refractivity (Wildman–Crippen MR) is 65.9 cm³/mol. The number of rotatable bonds is 8. The number of halogens is 1. The van der Waals surface area contributed by atoms with Crippen molar-refractivity contribution in [1.82, 2.24) is 4.72 Å². The van der Waals surface area contributed by atoms with Crippen molar-refractivity contribution < 1.29 is 13.2 Å². The molecule has 0 radical (unpaired) electrons. The number of sulfonamides is 1. The molecule has 1 N–H and O–H groups in total. The van der Waals surface area contributed by atoms with Gasteiger partial charge in [0.15, 0.2) is 0 Å². The first-order valence-electron chi connectivity index (χ1n) is 5.08. The molecular formula is C9H20BrNO3S. The van der Waals surface area contributed by atoms with E-state index in [2.05, 4.69) is 20.7 Å². The van der Waals surface area contributed by atoms with Crippen molar-refractivity contribution >= 4 is 26.0 Å². The quantitative estimate of drug-likeness (QED) is 0.691. The molecule has 92 valence electrons. The van der Waals surface area contributed by atoms with E-state index in [1.54, 1.807) is 0 Å². The maximum atomic E-state index is 11.5. The van der Waals surface area contributed by atoms with Gasteiger partial charge in [-0.1, -0.05) is 22.9 Å². The van der Waals surface area contributed by atoms with Crippen LogP contribution in [0.5, 0.6) is 0 Å². The van der Waals surface area contributed by atoms with Gasteiger partial charge >= 0.3 is 0 Å². The maximum Gasteiger partial charge on any atom is 0.214 e. The van der Waals surface area contributed by atoms with Gasteiger partial charge < -0.3 is 4.74 Å². The molecule has 0 saturated heterocycles. The van der Waals surface area contributed by atoms with E-state index in [1.165, 1.54) is 0 Å². The first kappa shape index (κ1) is 15.3. The van der Waals surface area contributed by atoms with Crippen LogP contribution in [0.4, 0.5) is 0 Å². The highest BCUT2D eigenvalue weighted by Crippen LogP contribution is 1.99. The van der Waals surface area contributed by atoms with Gasteiger partial charge in [-0.05, 0) is 20.3 Å². The van der Waals surface area contributed by atoms with Crippen LogP contribution in [0.3, 0.4) is 0 Å². The van der Waals surface area contributed by atoms with Gasteiger partial charge in [0, 0.05) is 11.4 Å². The smallest absolute Gasteiger partial charge is 0.214 e. The van der Waals surface area contributed by atoms with Crippen LogP contribution in [-0.4, -0.2) is 38.3 Å². The summed E-state index contributed by atoms with van der Waals surface area (Å²) in [6.07, 6.45) is 0.841. The van der Waals surface area contributed by atoms with E-state index in [1.807, 2.05) is 20.8 Å². The highest BCUT2D eigenvalue weighted by atomic mass is 79.9. The molecule has 4 nitrogen and oxygen atoms in total. The molecular weight excluding hydrogens is 282 g/mol. The molecule has 0 aromatic heterocycles. The zero-order valence-electron chi connectivity index (χ0n) is 9.49. The van der Waals surface area contributed by atoms with E-state index in [0.717, 1.165) is 6.42 Å². The van der Waals surface area contributed by atoms with E-state index >= 15 is 0 Å². The number of ether oxygens (including phenoxy) is 1. The monoisotopic (exact) mass is 301 g/mol. The van der Waals surface area contributed by atoms with Gasteiger partial charge in [0.1, 0.15) is 0 Å². The van der Waals surface area contributed by atoms with Gasteiger partial charge in [0.05, 0.1) is 18.5 Å². The van der Waals surface area contributed by atoms with Gasteiger partial charge in [-0.15, -0.1) is 0 Å². The van der Waals surface area contributed by atoms with Crippen molar-refractivity contribution in [2.45, 2.75) is 39.3 Å². The first-order valence-corrected chi connectivity index (χ1v) is 7.86. The van der Waals surface area contributed by atoms with Crippen LogP contribution in [0.15, 0.2) is 0 Å². The molecule has 0 aliphatic rings. The third-order valence-electron chi connectivity index (χ3n) is 1.83. The number of hydrogen-bond donors (Lipinski definition) is 1. The molecule has 1 atom stereocenters. The van der Waals surface area contributed by atoms with Crippen molar-refractivity contribution in [2.24, 2.45) is 0 Å². The highest BCUT2D eigenvalue weighted by molar-refractivity contribution is 9.09. The van der Waals surface area contributed by atoms with Crippen LogP contribution in [0.1, 0.15) is 27.2 Å². The Bertz CT molecular complexity index is 250. The molecule has 1 unspecified atom stereocenters. The highest BCUT2D eigenvalue weighted by Gasteiger charge is 2.15. The second-order valence-corrected chi connectivity index (χ2v) is 6.14. The van der Waals surface area contributed by atoms with Crippen LogP contribution < -0.4 is 4.72 Å². The molecule has 0 aromatic rings. The zero-order valence-corrected chi connectivity index (χ0v) is 11.9. The minimum atomic E-state index is -3.21. The summed E-state index contributed by atoms with van der Waals surface area (Å²) in [6.45, 7) is 5.95. The van der Waals surface area contributed by atoms with Crippen molar-refractivity contribution in [3.8, 4) is 0 Å². The lowest BCUT2D eigenvalue weighted by Crippen LogP contribution is -2.38. The summed E-state index contributed by atoms with van der Waals surface area (Å²) in [4.78, 5) is 0. The van der Waals surface area contributed by atoms with E-state index < -0.39 is 10.0 Å². The fourth-order valence-corrected chi connectivity index (χ4v) is 2.96. The second-order valence-electron chi connectivity index (χ2n) is 3.62. The van der Waals surface area contributed by atoms with Gasteiger partial charge in [0.25, 0.3) is 0 Å². The SMILES string of the molecule is CCC(CBr)NS(=O)(=O)CCOC(C)C. The van der Waals surface area contributed by atoms with Crippen molar-refractivity contribution in [3.05, 3.63) is 0 Å². The van der Waals surface area contributed by atoms with E-state index in [-0.39, 0.29) is 24.5 Å². The minimum Gasteiger partial charge on any atom is -0.378 e. The number of hydrogen-bond acceptors (Lipinski definition) is 3. The molecule has 0 aromatic carbocycles. The Kier molecular flexibility index (Phi) is 7.77. The standard InChI is InChI=1S/C9H20BrNO3S/c1-4-9(7-10)11-15(12,13)6-5-14-8(2)3/h8-9,11H,4-7H2,1-3H3. The maximum absolute atomic E-state index is 11.5. The van der Waals surface area contributed by atoms with Crippen molar-refractivity contribution in [3.63, 3.8) is 0 Å². The second kappa shape index (κ2) is 7.60. The lowest BCUT2D eigenvalue weighted by atomic mass is 10.3. The molecule has 15 heavy (non-hydrogen) atoms. The van der Waals surface area contributed by atoms with Gasteiger partial charge in [-0.2, -0.15) is 0 Å². The van der Waals surface area contributed by atoms with Crippen molar-refractivity contribution in [1.29, 1.82) is 0 Å². The Morgan fingerprint density at radius 1 is 1.40 bits per heavy atom. The molecule has 0 aliphatic carbocycles. The summed E-state index contributed by atoms with van der Waals surface area (Å²) < 4.78 is 30.9. The Morgan fingerprint density at radius 2 is 2.00 bits per heavy atom. The Morgan fingerprint density at radius 3 is 2.40 bits per heavy atom. The molecule has 0 aliphatic heterocycles. The van der Waals surface area contributed by atoms with Crippen LogP contribution in [0, 0.1) is 0 Å². The molecule has 0 spiro atoms. The number of nitrogens with one attached hydrogen (secondary N) is 1. The molecule has 0 bridgehead atoms. The Hall–Kier alpha value is 0.350. The molecule has 6 heteroatoms. The molecule has 0 heterocycles. The van der Waals surface area contributed by atoms with Gasteiger partial charge in [0.2, 0.25) is 10.0 Å². The summed E-state index contributed by atoms with van der Waals surface area (Å²) in [5.41, 5.74) is 0. The average Bonchev–Trinajstić information content (AvgIpc) is 2.13. The summed E-state index contributed by atoms with van der Waals surface area (Å²) in [5, 5.41) is 0.633. The summed E-state index contributed by atoms with van der Waals surface area (Å²) in [5.74, 6) is 0.0225. The third-order valence-corrected chi connectivity index (χ3v) is 4.01. The Labute approximate surface area is 101 Å². The molecule has 0 rings (SSSR count). The fraction of sp³-hybridized carbons (Fsp3) is 1.00. The van der Waals surface area contributed by atoms with E-state index in [9.17, 15) is 8.42 Å². The summed E-state index contributed by atoms with van der Waals surface area (Å²) in [6, 6.07) is -0.0333. The molecule has 0 amide bonds. The molecule has 0 fully saturated rings. The van der Waals surface area contributed by atoms with Crippen molar-refractivity contribution in [2.75, 3.05) is 17.7 Å². The normalized spacial score (nSPS) is 14.5. The van der Waals surface area contributed by atoms with Crippen LogP contribution >= 0.6 is 15.9 Å². The summed E-state index contributed by atoms with van der Waals surface area (Å²) >= 11 is 3.26. The van der Waals surface area contributed by atoms with E-state index in [0.29, 0.717) is 5.33 Å². The largest absolute Gasteiger partial charge is 0.378 e. The molecule has 0 saturated carbocycles. The van der Waals surface area contributed by atoms with Crippen LogP contribution in [-0.2, 0) is 14.8 Å². The fourth-order valence-electron chi connectivity index (χ4n) is 0.930. The zero-order chi connectivity index (χ0) is 11.9. The van der Waals surface area contributed by atoms with Gasteiger partial charge in [-0.3, -0.25) is 0 Å². The lowest BCUT2D eigenvalue weighted by Gasteiger charge is -2.14. The van der Waals surface area contributed by atoms with E-state index in [4.69, 9.17) is 4.74 Å². The lowest BCUT2D eigenvalue weighted by molar-refractivity contribution is 0.0911. The van der Waals surface area contributed by atoms with Gasteiger partial charge in [-0.25, -0.2) is 13.1 Å². The number of alkyl halides is 1. The third kappa shape index (κ3) is 8.19. The Balaban J connectivity index is 3.96. The van der Waals surface area contributed by atoms with Crippen LogP contribution in [0.2, 0.25) is 0 Å². The van der Waals surface area contributed by atoms with Crippen LogP contribution in [0.25, 0.3) is 0 Å². The predicted octanol–water partition coefficient (Wildman–Crippen LogP) is 1.50. The minimum absolute atomic E-state index is 0.0225. The average molecular weight is 302 g/mol. The summed E-state index contributed by atoms with van der Waals surface area (Å²) in [7, 11) is -3.21. The first-order chi connectivity index (χ1) is 6.91.